The van der Waals surface area contributed by atoms with Crippen LogP contribution in [-0.4, -0.2) is 98.4 Å². The molecule has 3 aliphatic heterocycles. The zero-order valence-corrected chi connectivity index (χ0v) is 21.3. The van der Waals surface area contributed by atoms with Gasteiger partial charge in [0, 0.05) is 44.0 Å². The number of likely N-dealkylation sites (tertiary alicyclic amines) is 1. The topological polar surface area (TPSA) is 82.2 Å². The molecule has 4 atom stereocenters. The Kier molecular flexibility index (Phi) is 7.76. The number of amides is 2. The van der Waals surface area contributed by atoms with Gasteiger partial charge in [-0.15, -0.1) is 0 Å². The predicted molar refractivity (Wildman–Crippen MR) is 134 cm³/mol. The van der Waals surface area contributed by atoms with Crippen LogP contribution >= 0.6 is 0 Å². The molecule has 3 heterocycles. The van der Waals surface area contributed by atoms with E-state index in [1.807, 2.05) is 12.1 Å². The number of anilines is 1. The summed E-state index contributed by atoms with van der Waals surface area (Å²) in [6.07, 6.45) is 0.801. The second kappa shape index (κ2) is 11.0. The maximum atomic E-state index is 13.8. The van der Waals surface area contributed by atoms with E-state index in [0.29, 0.717) is 5.56 Å². The Morgan fingerprint density at radius 3 is 2.35 bits per heavy atom. The zero-order valence-electron chi connectivity index (χ0n) is 21.3. The van der Waals surface area contributed by atoms with Crippen molar-refractivity contribution in [3.8, 4) is 0 Å². The number of ketones is 1. The molecule has 10 heteroatoms. The van der Waals surface area contributed by atoms with Gasteiger partial charge < -0.3 is 24.8 Å². The molecule has 0 aromatic heterocycles. The van der Waals surface area contributed by atoms with Crippen molar-refractivity contribution in [2.24, 2.45) is 11.8 Å². The van der Waals surface area contributed by atoms with Gasteiger partial charge in [-0.1, -0.05) is 19.3 Å². The standard InChI is InChI=1S/C27H36F2N4O4/c1-31-11-13-32(14-12-31)19-9-7-18(8-10-19)26(35)30-22(17-5-3-2-4-6-17)27(36)33-15-20(25(28)29)24-23(33)21(34)16-37-24/h7-10,17,20,22-25H,2-6,11-16H2,1H3,(H,30,35)/t20-,22+,23-,24-/m1/s1. The van der Waals surface area contributed by atoms with Gasteiger partial charge >= 0.3 is 0 Å². The number of likely N-dealkylation sites (N-methyl/N-ethyl adjacent to an activating group) is 1. The van der Waals surface area contributed by atoms with Gasteiger partial charge in [-0.2, -0.15) is 0 Å². The van der Waals surface area contributed by atoms with Crippen molar-refractivity contribution in [1.29, 1.82) is 0 Å². The number of nitrogens with one attached hydrogen (secondary N) is 1. The highest BCUT2D eigenvalue weighted by atomic mass is 19.3. The Morgan fingerprint density at radius 2 is 1.70 bits per heavy atom. The van der Waals surface area contributed by atoms with Crippen LogP contribution in [0.2, 0.25) is 0 Å². The molecule has 1 aromatic rings. The minimum atomic E-state index is -2.70. The van der Waals surface area contributed by atoms with Crippen LogP contribution in [0.5, 0.6) is 0 Å². The Morgan fingerprint density at radius 1 is 1.03 bits per heavy atom. The number of nitrogens with zero attached hydrogens (tertiary/aromatic N) is 3. The molecule has 3 saturated heterocycles. The minimum Gasteiger partial charge on any atom is -0.369 e. The third kappa shape index (κ3) is 5.36. The van der Waals surface area contributed by atoms with Crippen LogP contribution in [0.25, 0.3) is 0 Å². The predicted octanol–water partition coefficient (Wildman–Crippen LogP) is 2.18. The number of hydrogen-bond acceptors (Lipinski definition) is 6. The van der Waals surface area contributed by atoms with E-state index in [2.05, 4.69) is 22.2 Å². The number of carbonyl (C=O) groups is 3. The largest absolute Gasteiger partial charge is 0.369 e. The fourth-order valence-corrected chi connectivity index (χ4v) is 6.28. The molecule has 2 amide bonds. The summed E-state index contributed by atoms with van der Waals surface area (Å²) in [5, 5.41) is 2.93. The second-order valence-corrected chi connectivity index (χ2v) is 10.9. The average Bonchev–Trinajstić information content (AvgIpc) is 3.48. The summed E-state index contributed by atoms with van der Waals surface area (Å²) < 4.78 is 32.8. The quantitative estimate of drug-likeness (QED) is 0.622. The summed E-state index contributed by atoms with van der Waals surface area (Å²) in [7, 11) is 2.10. The third-order valence-corrected chi connectivity index (χ3v) is 8.50. The first-order valence-electron chi connectivity index (χ1n) is 13.4. The van der Waals surface area contributed by atoms with Crippen LogP contribution in [0, 0.1) is 11.8 Å². The molecule has 0 bridgehead atoms. The highest BCUT2D eigenvalue weighted by Crippen LogP contribution is 2.37. The van der Waals surface area contributed by atoms with E-state index in [9.17, 15) is 23.2 Å². The number of fused-ring (bicyclic) bond motifs is 1. The minimum absolute atomic E-state index is 0.101. The van der Waals surface area contributed by atoms with Crippen LogP contribution in [0.15, 0.2) is 24.3 Å². The summed E-state index contributed by atoms with van der Waals surface area (Å²) in [5.74, 6) is -2.48. The van der Waals surface area contributed by atoms with Crippen LogP contribution < -0.4 is 10.2 Å². The van der Waals surface area contributed by atoms with Crippen molar-refractivity contribution in [3.63, 3.8) is 0 Å². The molecule has 4 fully saturated rings. The van der Waals surface area contributed by atoms with E-state index in [1.165, 1.54) is 4.90 Å². The number of alkyl halides is 2. The average molecular weight is 519 g/mol. The van der Waals surface area contributed by atoms with Gasteiger partial charge in [-0.3, -0.25) is 14.4 Å². The van der Waals surface area contributed by atoms with Crippen molar-refractivity contribution in [2.75, 3.05) is 51.3 Å². The molecule has 4 aliphatic rings. The highest BCUT2D eigenvalue weighted by Gasteiger charge is 2.56. The third-order valence-electron chi connectivity index (χ3n) is 8.50. The van der Waals surface area contributed by atoms with Crippen LogP contribution in [-0.2, 0) is 14.3 Å². The molecule has 1 N–H and O–H groups in total. The van der Waals surface area contributed by atoms with E-state index in [1.54, 1.807) is 12.1 Å². The first-order chi connectivity index (χ1) is 17.8. The number of rotatable bonds is 6. The van der Waals surface area contributed by atoms with Crippen LogP contribution in [0.1, 0.15) is 42.5 Å². The SMILES string of the molecule is CN1CCN(c2ccc(C(=O)N[C@H](C(=O)N3C[C@@H](C(F)F)[C@H]4OCC(=O)[C@H]43)C3CCCCC3)cc2)CC1. The summed E-state index contributed by atoms with van der Waals surface area (Å²) in [5.41, 5.74) is 1.49. The van der Waals surface area contributed by atoms with E-state index in [-0.39, 0.29) is 30.8 Å². The lowest BCUT2D eigenvalue weighted by atomic mass is 9.83. The first kappa shape index (κ1) is 26.0. The zero-order chi connectivity index (χ0) is 26.1. The lowest BCUT2D eigenvalue weighted by Crippen LogP contribution is -2.55. The lowest BCUT2D eigenvalue weighted by molar-refractivity contribution is -0.139. The lowest BCUT2D eigenvalue weighted by Gasteiger charge is -2.34. The monoisotopic (exact) mass is 518 g/mol. The number of halogens is 2. The van der Waals surface area contributed by atoms with Crippen molar-refractivity contribution in [1.82, 2.24) is 15.1 Å². The highest BCUT2D eigenvalue weighted by molar-refractivity contribution is 5.99. The van der Waals surface area contributed by atoms with Gasteiger partial charge in [0.05, 0.1) is 12.0 Å². The van der Waals surface area contributed by atoms with Crippen molar-refractivity contribution in [2.45, 2.75) is 56.7 Å². The molecule has 0 unspecified atom stereocenters. The van der Waals surface area contributed by atoms with Gasteiger partial charge in [-0.25, -0.2) is 8.78 Å². The fourth-order valence-electron chi connectivity index (χ4n) is 6.28. The van der Waals surface area contributed by atoms with E-state index in [0.717, 1.165) is 64.0 Å². The number of ether oxygens (including phenoxy) is 1. The Labute approximate surface area is 216 Å². The van der Waals surface area contributed by atoms with Crippen molar-refractivity contribution in [3.05, 3.63) is 29.8 Å². The number of Topliss-reactive ketones (excluding diaryl/α,β-unsaturated/α-hetero) is 1. The number of piperazine rings is 1. The molecule has 1 aromatic carbocycles. The second-order valence-electron chi connectivity index (χ2n) is 10.9. The molecule has 37 heavy (non-hydrogen) atoms. The normalized spacial score (nSPS) is 28.0. The summed E-state index contributed by atoms with van der Waals surface area (Å²) in [6.45, 7) is 3.29. The Hall–Kier alpha value is -2.59. The molecule has 1 aliphatic carbocycles. The summed E-state index contributed by atoms with van der Waals surface area (Å²) in [4.78, 5) is 45.4. The Bertz CT molecular complexity index is 993. The smallest absolute Gasteiger partial charge is 0.251 e. The fraction of sp³-hybridized carbons (Fsp3) is 0.667. The molecule has 5 rings (SSSR count). The molecule has 8 nitrogen and oxygen atoms in total. The van der Waals surface area contributed by atoms with Gasteiger partial charge in [0.1, 0.15) is 18.7 Å². The maximum absolute atomic E-state index is 13.8. The van der Waals surface area contributed by atoms with Crippen LogP contribution in [0.3, 0.4) is 0 Å². The molecular weight excluding hydrogens is 482 g/mol. The van der Waals surface area contributed by atoms with Crippen molar-refractivity contribution >= 4 is 23.3 Å². The van der Waals surface area contributed by atoms with Gasteiger partial charge in [-0.05, 0) is 50.1 Å². The first-order valence-corrected chi connectivity index (χ1v) is 13.4. The molecule has 0 spiro atoms. The van der Waals surface area contributed by atoms with E-state index >= 15 is 0 Å². The van der Waals surface area contributed by atoms with E-state index < -0.39 is 36.4 Å². The molecular formula is C27H36F2N4O4. The molecule has 1 saturated carbocycles. The van der Waals surface area contributed by atoms with Crippen molar-refractivity contribution < 1.29 is 27.9 Å². The number of carbonyl (C=O) groups excluding carboxylic acids is 3. The van der Waals surface area contributed by atoms with E-state index in [4.69, 9.17) is 4.74 Å². The van der Waals surface area contributed by atoms with Gasteiger partial charge in [0.2, 0.25) is 12.3 Å². The number of hydrogen-bond donors (Lipinski definition) is 1. The summed E-state index contributed by atoms with van der Waals surface area (Å²) in [6, 6.07) is 5.50. The van der Waals surface area contributed by atoms with Gasteiger partial charge in [0.15, 0.2) is 5.78 Å². The molecule has 202 valence electrons. The van der Waals surface area contributed by atoms with Crippen LogP contribution in [0.4, 0.5) is 14.5 Å². The summed E-state index contributed by atoms with van der Waals surface area (Å²) >= 11 is 0. The molecule has 0 radical (unpaired) electrons. The number of benzene rings is 1. The Balaban J connectivity index is 1.32. The maximum Gasteiger partial charge on any atom is 0.251 e. The van der Waals surface area contributed by atoms with Gasteiger partial charge in [0.25, 0.3) is 5.91 Å².